The molecule has 2 N–H and O–H groups in total. The zero-order valence-corrected chi connectivity index (χ0v) is 15.8. The number of amides is 2. The number of benzene rings is 2. The van der Waals surface area contributed by atoms with E-state index in [0.29, 0.717) is 6.54 Å². The van der Waals surface area contributed by atoms with Crippen LogP contribution in [0, 0.1) is 0 Å². The molecule has 4 heteroatoms. The summed E-state index contributed by atoms with van der Waals surface area (Å²) in [6.45, 7) is 7.10. The predicted molar refractivity (Wildman–Crippen MR) is 109 cm³/mol. The Balaban J connectivity index is 1.51. The van der Waals surface area contributed by atoms with Crippen LogP contribution >= 0.6 is 0 Å². The highest BCUT2D eigenvalue weighted by atomic mass is 16.2. The van der Waals surface area contributed by atoms with Gasteiger partial charge in [0.25, 0.3) is 0 Å². The van der Waals surface area contributed by atoms with Crippen molar-refractivity contribution in [3.05, 3.63) is 60.2 Å². The van der Waals surface area contributed by atoms with Gasteiger partial charge in [-0.05, 0) is 49.1 Å². The zero-order chi connectivity index (χ0) is 18.4. The molecule has 0 aromatic heterocycles. The Bertz CT molecular complexity index is 704. The van der Waals surface area contributed by atoms with E-state index in [4.69, 9.17) is 0 Å². The van der Waals surface area contributed by atoms with Crippen molar-refractivity contribution in [3.63, 3.8) is 0 Å². The van der Waals surface area contributed by atoms with Crippen LogP contribution in [0.1, 0.15) is 38.7 Å². The minimum atomic E-state index is -0.167. The summed E-state index contributed by atoms with van der Waals surface area (Å²) < 4.78 is 0. The van der Waals surface area contributed by atoms with E-state index >= 15 is 0 Å². The van der Waals surface area contributed by atoms with Gasteiger partial charge < -0.3 is 15.5 Å². The van der Waals surface area contributed by atoms with E-state index in [-0.39, 0.29) is 11.4 Å². The van der Waals surface area contributed by atoms with Gasteiger partial charge in [-0.3, -0.25) is 0 Å². The van der Waals surface area contributed by atoms with E-state index in [1.807, 2.05) is 30.3 Å². The molecule has 0 radical (unpaired) electrons. The quantitative estimate of drug-likeness (QED) is 0.814. The lowest BCUT2D eigenvalue weighted by atomic mass is 9.85. The van der Waals surface area contributed by atoms with Crippen molar-refractivity contribution in [2.45, 2.75) is 38.5 Å². The van der Waals surface area contributed by atoms with Crippen LogP contribution in [-0.2, 0) is 5.41 Å². The number of anilines is 2. The predicted octanol–water partition coefficient (Wildman–Crippen LogP) is 4.78. The normalized spacial score (nSPS) is 14.8. The third kappa shape index (κ3) is 4.78. The summed E-state index contributed by atoms with van der Waals surface area (Å²) >= 11 is 0. The van der Waals surface area contributed by atoms with Crippen LogP contribution in [0.25, 0.3) is 0 Å². The second-order valence-corrected chi connectivity index (χ2v) is 7.65. The lowest BCUT2D eigenvalue weighted by molar-refractivity contribution is 0.249. The van der Waals surface area contributed by atoms with Gasteiger partial charge in [0.1, 0.15) is 0 Å². The van der Waals surface area contributed by atoms with Crippen molar-refractivity contribution in [1.82, 2.24) is 5.32 Å². The van der Waals surface area contributed by atoms with Gasteiger partial charge in [-0.2, -0.15) is 0 Å². The number of urea groups is 1. The average molecular weight is 351 g/mol. The van der Waals surface area contributed by atoms with Crippen molar-refractivity contribution in [2.75, 3.05) is 29.9 Å². The molecule has 2 aromatic carbocycles. The van der Waals surface area contributed by atoms with Gasteiger partial charge in [0.05, 0.1) is 0 Å². The SMILES string of the molecule is CC(C)(CNC(=O)Nc1ccc(N2CCCCC2)cc1)c1ccccc1. The highest BCUT2D eigenvalue weighted by molar-refractivity contribution is 5.89. The van der Waals surface area contributed by atoms with Gasteiger partial charge >= 0.3 is 6.03 Å². The molecule has 3 rings (SSSR count). The lowest BCUT2D eigenvalue weighted by Gasteiger charge is -2.29. The Morgan fingerprint density at radius 1 is 0.962 bits per heavy atom. The number of nitrogens with one attached hydrogen (secondary N) is 2. The molecule has 1 fully saturated rings. The number of hydrogen-bond donors (Lipinski definition) is 2. The first-order valence-electron chi connectivity index (χ1n) is 9.50. The monoisotopic (exact) mass is 351 g/mol. The molecule has 0 unspecified atom stereocenters. The smallest absolute Gasteiger partial charge is 0.319 e. The molecule has 0 saturated carbocycles. The van der Waals surface area contributed by atoms with Gasteiger partial charge in [0.2, 0.25) is 0 Å². The van der Waals surface area contributed by atoms with Crippen molar-refractivity contribution in [2.24, 2.45) is 0 Å². The first-order chi connectivity index (χ1) is 12.5. The van der Waals surface area contributed by atoms with Gasteiger partial charge in [-0.1, -0.05) is 44.2 Å². The third-order valence-electron chi connectivity index (χ3n) is 5.09. The number of hydrogen-bond acceptors (Lipinski definition) is 2. The van der Waals surface area contributed by atoms with Crippen LogP contribution in [-0.4, -0.2) is 25.7 Å². The molecule has 1 aliphatic heterocycles. The van der Waals surface area contributed by atoms with Gasteiger partial charge in [-0.25, -0.2) is 4.79 Å². The fourth-order valence-corrected chi connectivity index (χ4v) is 3.38. The van der Waals surface area contributed by atoms with E-state index in [1.165, 1.54) is 30.5 Å². The van der Waals surface area contributed by atoms with Crippen molar-refractivity contribution >= 4 is 17.4 Å². The molecule has 2 aromatic rings. The summed E-state index contributed by atoms with van der Waals surface area (Å²) in [5, 5.41) is 5.91. The molecular weight excluding hydrogens is 322 g/mol. The fourth-order valence-electron chi connectivity index (χ4n) is 3.38. The molecule has 2 amide bonds. The summed E-state index contributed by atoms with van der Waals surface area (Å²) in [6, 6.07) is 18.2. The van der Waals surface area contributed by atoms with Crippen LogP contribution < -0.4 is 15.5 Å². The first kappa shape index (κ1) is 18.3. The molecular formula is C22H29N3O. The Morgan fingerprint density at radius 3 is 2.27 bits per heavy atom. The largest absolute Gasteiger partial charge is 0.372 e. The van der Waals surface area contributed by atoms with Crippen LogP contribution in [0.2, 0.25) is 0 Å². The van der Waals surface area contributed by atoms with Crippen LogP contribution in [0.5, 0.6) is 0 Å². The third-order valence-corrected chi connectivity index (χ3v) is 5.09. The standard InChI is InChI=1S/C22H29N3O/c1-22(2,18-9-5-3-6-10-18)17-23-21(26)24-19-11-13-20(14-12-19)25-15-7-4-8-16-25/h3,5-6,9-14H,4,7-8,15-17H2,1-2H3,(H2,23,24,26). The topological polar surface area (TPSA) is 44.4 Å². The number of carbonyl (C=O) groups excluding carboxylic acids is 1. The zero-order valence-electron chi connectivity index (χ0n) is 15.8. The molecule has 4 nitrogen and oxygen atoms in total. The van der Waals surface area contributed by atoms with Gasteiger partial charge in [0, 0.05) is 36.4 Å². The highest BCUT2D eigenvalue weighted by Crippen LogP contribution is 2.23. The van der Waals surface area contributed by atoms with Crippen LogP contribution in [0.3, 0.4) is 0 Å². The summed E-state index contributed by atoms with van der Waals surface area (Å²) in [6.07, 6.45) is 3.86. The summed E-state index contributed by atoms with van der Waals surface area (Å²) in [4.78, 5) is 14.7. The molecule has 1 aliphatic rings. The van der Waals surface area contributed by atoms with E-state index in [9.17, 15) is 4.79 Å². The maximum atomic E-state index is 12.2. The Labute approximate surface area is 156 Å². The van der Waals surface area contributed by atoms with Crippen molar-refractivity contribution in [3.8, 4) is 0 Å². The second kappa shape index (κ2) is 8.26. The maximum Gasteiger partial charge on any atom is 0.319 e. The van der Waals surface area contributed by atoms with E-state index in [0.717, 1.165) is 18.8 Å². The second-order valence-electron chi connectivity index (χ2n) is 7.65. The van der Waals surface area contributed by atoms with E-state index in [2.05, 4.69) is 53.6 Å². The minimum Gasteiger partial charge on any atom is -0.372 e. The fraction of sp³-hybridized carbons (Fsp3) is 0.409. The maximum absolute atomic E-state index is 12.2. The highest BCUT2D eigenvalue weighted by Gasteiger charge is 2.21. The number of rotatable bonds is 5. The number of carbonyl (C=O) groups is 1. The first-order valence-corrected chi connectivity index (χ1v) is 9.50. The molecule has 0 bridgehead atoms. The van der Waals surface area contributed by atoms with Gasteiger partial charge in [-0.15, -0.1) is 0 Å². The van der Waals surface area contributed by atoms with Crippen molar-refractivity contribution < 1.29 is 4.79 Å². The van der Waals surface area contributed by atoms with E-state index in [1.54, 1.807) is 0 Å². The summed E-state index contributed by atoms with van der Waals surface area (Å²) in [5.41, 5.74) is 3.16. The summed E-state index contributed by atoms with van der Waals surface area (Å²) in [7, 11) is 0. The Hall–Kier alpha value is -2.49. The summed E-state index contributed by atoms with van der Waals surface area (Å²) in [5.74, 6) is 0. The number of piperidine rings is 1. The van der Waals surface area contributed by atoms with Crippen molar-refractivity contribution in [1.29, 1.82) is 0 Å². The molecule has 138 valence electrons. The Morgan fingerprint density at radius 2 is 1.62 bits per heavy atom. The van der Waals surface area contributed by atoms with Crippen LogP contribution in [0.15, 0.2) is 54.6 Å². The lowest BCUT2D eigenvalue weighted by Crippen LogP contribution is -2.38. The minimum absolute atomic E-state index is 0.114. The molecule has 0 spiro atoms. The average Bonchev–Trinajstić information content (AvgIpc) is 2.68. The molecule has 0 atom stereocenters. The number of nitrogens with zero attached hydrogens (tertiary/aromatic N) is 1. The Kier molecular flexibility index (Phi) is 5.82. The molecule has 1 saturated heterocycles. The van der Waals surface area contributed by atoms with E-state index < -0.39 is 0 Å². The van der Waals surface area contributed by atoms with Crippen LogP contribution in [0.4, 0.5) is 16.2 Å². The molecule has 1 heterocycles. The molecule has 0 aliphatic carbocycles. The van der Waals surface area contributed by atoms with Gasteiger partial charge in [0.15, 0.2) is 0 Å². The molecule has 26 heavy (non-hydrogen) atoms.